The van der Waals surface area contributed by atoms with Crippen LogP contribution in [0.25, 0.3) is 0 Å². The number of hydrogen-bond acceptors (Lipinski definition) is 5. The zero-order valence-corrected chi connectivity index (χ0v) is 18.4. The summed E-state index contributed by atoms with van der Waals surface area (Å²) in [6.07, 6.45) is 2.34. The molecule has 2 amide bonds. The number of rotatable bonds is 7. The molecule has 0 saturated carbocycles. The highest BCUT2D eigenvalue weighted by Gasteiger charge is 2.34. The van der Waals surface area contributed by atoms with Gasteiger partial charge in [-0.3, -0.25) is 4.79 Å². The molecule has 0 radical (unpaired) electrons. The fraction of sp³-hybridized carbons (Fsp3) is 0.440. The summed E-state index contributed by atoms with van der Waals surface area (Å²) in [6.45, 7) is 4.60. The number of likely N-dealkylation sites (tertiary alicyclic amines) is 1. The Hall–Kier alpha value is -3.22. The topological polar surface area (TPSA) is 88.1 Å². The lowest BCUT2D eigenvalue weighted by Crippen LogP contribution is -2.45. The van der Waals surface area contributed by atoms with Crippen LogP contribution < -0.4 is 10.1 Å². The monoisotopic (exact) mass is 438 g/mol. The third-order valence-corrected chi connectivity index (χ3v) is 6.27. The number of phenols is 1. The van der Waals surface area contributed by atoms with Crippen molar-refractivity contribution >= 4 is 12.0 Å². The summed E-state index contributed by atoms with van der Waals surface area (Å²) in [5.41, 5.74) is 2.74. The molecule has 7 nitrogen and oxygen atoms in total. The van der Waals surface area contributed by atoms with Crippen LogP contribution >= 0.6 is 0 Å². The Balaban J connectivity index is 1.47. The summed E-state index contributed by atoms with van der Waals surface area (Å²) in [6, 6.07) is 12.8. The van der Waals surface area contributed by atoms with Crippen LogP contribution in [0, 0.1) is 5.92 Å². The van der Waals surface area contributed by atoms with Gasteiger partial charge in [-0.25, -0.2) is 4.79 Å². The van der Waals surface area contributed by atoms with Crippen molar-refractivity contribution in [2.24, 2.45) is 5.92 Å². The predicted molar refractivity (Wildman–Crippen MR) is 120 cm³/mol. The second-order valence-electron chi connectivity index (χ2n) is 8.47. The molecule has 2 aliphatic rings. The quantitative estimate of drug-likeness (QED) is 0.637. The zero-order chi connectivity index (χ0) is 22.5. The van der Waals surface area contributed by atoms with Crippen LogP contribution in [-0.2, 0) is 11.3 Å². The summed E-state index contributed by atoms with van der Waals surface area (Å²) in [4.78, 5) is 26.3. The molecule has 7 heteroatoms. The summed E-state index contributed by atoms with van der Waals surface area (Å²) < 4.78 is 11.5. The number of nitrogens with zero attached hydrogens (tertiary/aromatic N) is 1. The molecule has 2 atom stereocenters. The number of benzene rings is 2. The Morgan fingerprint density at radius 1 is 1.22 bits per heavy atom. The molecule has 170 valence electrons. The fourth-order valence-electron chi connectivity index (χ4n) is 4.41. The van der Waals surface area contributed by atoms with Gasteiger partial charge < -0.3 is 24.8 Å². The van der Waals surface area contributed by atoms with E-state index < -0.39 is 0 Å². The fourth-order valence-corrected chi connectivity index (χ4v) is 4.41. The van der Waals surface area contributed by atoms with Gasteiger partial charge in [-0.1, -0.05) is 31.5 Å². The molecule has 2 heterocycles. The third kappa shape index (κ3) is 4.98. The lowest BCUT2D eigenvalue weighted by Gasteiger charge is -2.38. The van der Waals surface area contributed by atoms with Crippen molar-refractivity contribution in [2.45, 2.75) is 38.6 Å². The van der Waals surface area contributed by atoms with E-state index in [0.717, 1.165) is 30.4 Å². The van der Waals surface area contributed by atoms with Crippen molar-refractivity contribution in [3.8, 4) is 11.5 Å². The average Bonchev–Trinajstić information content (AvgIpc) is 3.18. The second-order valence-corrected chi connectivity index (χ2v) is 8.47. The van der Waals surface area contributed by atoms with Gasteiger partial charge in [-0.05, 0) is 54.2 Å². The molecule has 2 unspecified atom stereocenters. The molecule has 1 fully saturated rings. The predicted octanol–water partition coefficient (Wildman–Crippen LogP) is 4.06. The van der Waals surface area contributed by atoms with Crippen molar-refractivity contribution < 1.29 is 24.2 Å². The van der Waals surface area contributed by atoms with Crippen LogP contribution in [0.2, 0.25) is 0 Å². The first-order valence-electron chi connectivity index (χ1n) is 11.3. The van der Waals surface area contributed by atoms with E-state index in [4.69, 9.17) is 9.47 Å². The van der Waals surface area contributed by atoms with E-state index in [2.05, 4.69) is 12.2 Å². The van der Waals surface area contributed by atoms with Gasteiger partial charge in [0.2, 0.25) is 0 Å². The van der Waals surface area contributed by atoms with Crippen LogP contribution in [0.4, 0.5) is 4.79 Å². The number of nitrogens with one attached hydrogen (secondary N) is 1. The van der Waals surface area contributed by atoms with E-state index in [1.807, 2.05) is 24.3 Å². The minimum Gasteiger partial charge on any atom is -0.508 e. The average molecular weight is 439 g/mol. The van der Waals surface area contributed by atoms with E-state index >= 15 is 0 Å². The second kappa shape index (κ2) is 9.94. The number of piperidine rings is 1. The van der Waals surface area contributed by atoms with E-state index in [9.17, 15) is 14.7 Å². The van der Waals surface area contributed by atoms with Crippen LogP contribution in [0.5, 0.6) is 11.5 Å². The molecule has 2 aliphatic heterocycles. The summed E-state index contributed by atoms with van der Waals surface area (Å²) in [5, 5.41) is 12.5. The number of amides is 2. The maximum Gasteiger partial charge on any atom is 0.409 e. The standard InChI is InChI=1S/C25H30N2O5/c1-2-3-12-31-25(30)27-11-10-22(17-4-7-20(28)8-5-17)19(15-27)16-32-21-9-6-18-14-26-24(29)23(18)13-21/h4-9,13,19,22,28H,2-3,10-12,14-16H2,1H3,(H,26,29). The Bertz CT molecular complexity index is 959. The van der Waals surface area contributed by atoms with Crippen LogP contribution in [0.3, 0.4) is 0 Å². The lowest BCUT2D eigenvalue weighted by molar-refractivity contribution is 0.0676. The molecule has 0 aromatic heterocycles. The zero-order valence-electron chi connectivity index (χ0n) is 18.4. The maximum absolute atomic E-state index is 12.5. The number of phenolic OH excluding ortho intramolecular Hbond substituents is 1. The Morgan fingerprint density at radius 2 is 2.03 bits per heavy atom. The normalized spacial score (nSPS) is 19.9. The van der Waals surface area contributed by atoms with Gasteiger partial charge in [0.15, 0.2) is 0 Å². The Kier molecular flexibility index (Phi) is 6.83. The molecular weight excluding hydrogens is 408 g/mol. The maximum atomic E-state index is 12.5. The van der Waals surface area contributed by atoms with Gasteiger partial charge in [0.25, 0.3) is 5.91 Å². The molecule has 1 saturated heterocycles. The van der Waals surface area contributed by atoms with Crippen LogP contribution in [0.1, 0.15) is 53.6 Å². The van der Waals surface area contributed by atoms with Gasteiger partial charge in [0.1, 0.15) is 11.5 Å². The highest BCUT2D eigenvalue weighted by Crippen LogP contribution is 2.35. The number of unbranched alkanes of at least 4 members (excludes halogenated alkanes) is 1. The van der Waals surface area contributed by atoms with Crippen LogP contribution in [0.15, 0.2) is 42.5 Å². The molecule has 4 rings (SSSR count). The van der Waals surface area contributed by atoms with Crippen LogP contribution in [-0.4, -0.2) is 48.3 Å². The number of carbonyl (C=O) groups excluding carboxylic acids is 2. The third-order valence-electron chi connectivity index (χ3n) is 6.27. The molecule has 2 aromatic rings. The van der Waals surface area contributed by atoms with Crippen molar-refractivity contribution in [1.29, 1.82) is 0 Å². The Labute approximate surface area is 188 Å². The molecule has 32 heavy (non-hydrogen) atoms. The van der Waals surface area contributed by atoms with E-state index in [-0.39, 0.29) is 29.6 Å². The first-order chi connectivity index (χ1) is 15.5. The SMILES string of the molecule is CCCCOC(=O)N1CCC(c2ccc(O)cc2)C(COc2ccc3c(c2)C(=O)NC3)C1. The Morgan fingerprint density at radius 3 is 2.81 bits per heavy atom. The van der Waals surface area contributed by atoms with Crippen molar-refractivity contribution in [1.82, 2.24) is 10.2 Å². The lowest BCUT2D eigenvalue weighted by atomic mass is 9.81. The van der Waals surface area contributed by atoms with Gasteiger partial charge in [0, 0.05) is 31.1 Å². The number of ether oxygens (including phenoxy) is 2. The van der Waals surface area contributed by atoms with E-state index in [1.165, 1.54) is 0 Å². The molecule has 0 aliphatic carbocycles. The number of fused-ring (bicyclic) bond motifs is 1. The van der Waals surface area contributed by atoms with Gasteiger partial charge >= 0.3 is 6.09 Å². The van der Waals surface area contributed by atoms with Crippen molar-refractivity contribution in [3.05, 3.63) is 59.2 Å². The highest BCUT2D eigenvalue weighted by atomic mass is 16.6. The minimum atomic E-state index is -0.276. The first kappa shape index (κ1) is 22.0. The van der Waals surface area contributed by atoms with E-state index in [0.29, 0.717) is 44.2 Å². The summed E-state index contributed by atoms with van der Waals surface area (Å²) >= 11 is 0. The van der Waals surface area contributed by atoms with Gasteiger partial charge in [-0.15, -0.1) is 0 Å². The van der Waals surface area contributed by atoms with Crippen molar-refractivity contribution in [2.75, 3.05) is 26.3 Å². The highest BCUT2D eigenvalue weighted by molar-refractivity contribution is 5.98. The number of hydrogen-bond donors (Lipinski definition) is 2. The van der Waals surface area contributed by atoms with Gasteiger partial charge in [-0.2, -0.15) is 0 Å². The largest absolute Gasteiger partial charge is 0.508 e. The van der Waals surface area contributed by atoms with Gasteiger partial charge in [0.05, 0.1) is 13.2 Å². The summed E-state index contributed by atoms with van der Waals surface area (Å²) in [7, 11) is 0. The smallest absolute Gasteiger partial charge is 0.409 e. The van der Waals surface area contributed by atoms with Crippen molar-refractivity contribution in [3.63, 3.8) is 0 Å². The summed E-state index contributed by atoms with van der Waals surface area (Å²) in [5.74, 6) is 1.04. The molecule has 2 aromatic carbocycles. The molecule has 0 bridgehead atoms. The molecule has 2 N–H and O–H groups in total. The number of carbonyl (C=O) groups is 2. The minimum absolute atomic E-state index is 0.0501. The molecule has 0 spiro atoms. The van der Waals surface area contributed by atoms with E-state index in [1.54, 1.807) is 23.1 Å². The number of aromatic hydroxyl groups is 1. The first-order valence-corrected chi connectivity index (χ1v) is 11.3. The molecular formula is C25H30N2O5.